The molecule has 0 radical (unpaired) electrons. The Balaban J connectivity index is 1.97. The molecular weight excluding hydrogens is 349 g/mol. The molecule has 0 aliphatic heterocycles. The lowest BCUT2D eigenvalue weighted by Gasteiger charge is -2.29. The van der Waals surface area contributed by atoms with E-state index in [0.717, 1.165) is 16.5 Å². The summed E-state index contributed by atoms with van der Waals surface area (Å²) >= 11 is 0. The van der Waals surface area contributed by atoms with Crippen molar-refractivity contribution in [1.29, 1.82) is 0 Å². The second-order valence-corrected chi connectivity index (χ2v) is 6.00. The van der Waals surface area contributed by atoms with Gasteiger partial charge in [0, 0.05) is 45.3 Å². The highest BCUT2D eigenvalue weighted by molar-refractivity contribution is 5.77. The van der Waals surface area contributed by atoms with E-state index in [4.69, 9.17) is 0 Å². The summed E-state index contributed by atoms with van der Waals surface area (Å²) in [6.07, 6.45) is -3.78. The highest BCUT2D eigenvalue weighted by atomic mass is 19.4. The molecule has 1 amide bonds. The van der Waals surface area contributed by atoms with E-state index in [1.165, 1.54) is 13.2 Å². The minimum absolute atomic E-state index is 0.138. The van der Waals surface area contributed by atoms with E-state index in [1.807, 2.05) is 35.2 Å². The van der Waals surface area contributed by atoms with Gasteiger partial charge in [-0.1, -0.05) is 18.2 Å². The quantitative estimate of drug-likeness (QED) is 0.780. The fourth-order valence-electron chi connectivity index (χ4n) is 2.54. The van der Waals surface area contributed by atoms with Gasteiger partial charge >= 0.3 is 6.18 Å². The van der Waals surface area contributed by atoms with Gasteiger partial charge < -0.3 is 19.9 Å². The topological polar surface area (TPSA) is 70.4 Å². The Kier molecular flexibility index (Phi) is 5.91. The van der Waals surface area contributed by atoms with E-state index in [1.54, 1.807) is 7.05 Å². The second kappa shape index (κ2) is 7.77. The fourth-order valence-corrected chi connectivity index (χ4v) is 2.54. The number of amides is 1. The van der Waals surface area contributed by atoms with Crippen LogP contribution in [0.1, 0.15) is 12.2 Å². The van der Waals surface area contributed by atoms with Crippen molar-refractivity contribution in [2.75, 3.05) is 25.0 Å². The lowest BCUT2D eigenvalue weighted by molar-refractivity contribution is -0.271. The Morgan fingerprint density at radius 1 is 1.31 bits per heavy atom. The van der Waals surface area contributed by atoms with Crippen molar-refractivity contribution in [2.24, 2.45) is 7.05 Å². The molecule has 9 heteroatoms. The van der Waals surface area contributed by atoms with Crippen LogP contribution in [-0.4, -0.2) is 46.9 Å². The molecule has 0 saturated heterocycles. The maximum absolute atomic E-state index is 13.4. The molecule has 0 fully saturated rings. The van der Waals surface area contributed by atoms with Crippen LogP contribution in [0, 0.1) is 0 Å². The van der Waals surface area contributed by atoms with Gasteiger partial charge in [0.25, 0.3) is 0 Å². The summed E-state index contributed by atoms with van der Waals surface area (Å²) in [5, 5.41) is 12.6. The van der Waals surface area contributed by atoms with Crippen molar-refractivity contribution in [2.45, 2.75) is 18.2 Å². The third-order valence-corrected chi connectivity index (χ3v) is 4.04. The number of aliphatic hydroxyl groups is 1. The first-order valence-electron chi connectivity index (χ1n) is 7.95. The molecule has 1 heterocycles. The highest BCUT2D eigenvalue weighted by Gasteiger charge is 2.58. The molecule has 2 rings (SSSR count). The van der Waals surface area contributed by atoms with E-state index < -0.39 is 29.9 Å². The SMILES string of the molecule is CN(CCNC(=O)CC(O)(c1nccn1C)C(F)(F)F)c1ccccc1. The van der Waals surface area contributed by atoms with Gasteiger partial charge in [0.15, 0.2) is 5.82 Å². The van der Waals surface area contributed by atoms with Crippen LogP contribution in [0.15, 0.2) is 42.7 Å². The number of aromatic nitrogens is 2. The van der Waals surface area contributed by atoms with Gasteiger partial charge in [-0.25, -0.2) is 4.98 Å². The Morgan fingerprint density at radius 3 is 2.50 bits per heavy atom. The number of para-hydroxylation sites is 1. The number of carbonyl (C=O) groups excluding carboxylic acids is 1. The van der Waals surface area contributed by atoms with Crippen molar-refractivity contribution < 1.29 is 23.1 Å². The zero-order valence-corrected chi connectivity index (χ0v) is 14.5. The molecule has 2 N–H and O–H groups in total. The number of imidazole rings is 1. The molecule has 2 aromatic rings. The van der Waals surface area contributed by atoms with E-state index in [0.29, 0.717) is 6.54 Å². The van der Waals surface area contributed by atoms with Crippen LogP contribution in [0.25, 0.3) is 0 Å². The third kappa shape index (κ3) is 4.34. The Morgan fingerprint density at radius 2 is 1.96 bits per heavy atom. The van der Waals surface area contributed by atoms with Crippen molar-refractivity contribution in [3.05, 3.63) is 48.5 Å². The number of hydrogen-bond acceptors (Lipinski definition) is 4. The van der Waals surface area contributed by atoms with Gasteiger partial charge in [-0.15, -0.1) is 0 Å². The summed E-state index contributed by atoms with van der Waals surface area (Å²) in [6, 6.07) is 9.35. The van der Waals surface area contributed by atoms with Crippen molar-refractivity contribution in [3.63, 3.8) is 0 Å². The van der Waals surface area contributed by atoms with Gasteiger partial charge in [0.05, 0.1) is 6.42 Å². The molecule has 142 valence electrons. The van der Waals surface area contributed by atoms with Gasteiger partial charge in [0.1, 0.15) is 0 Å². The summed E-state index contributed by atoms with van der Waals surface area (Å²) < 4.78 is 41.2. The predicted molar refractivity (Wildman–Crippen MR) is 90.5 cm³/mol. The molecule has 0 bridgehead atoms. The number of rotatable bonds is 7. The Hall–Kier alpha value is -2.55. The van der Waals surface area contributed by atoms with Crippen LogP contribution in [0.4, 0.5) is 18.9 Å². The first kappa shape index (κ1) is 19.8. The van der Waals surface area contributed by atoms with E-state index in [2.05, 4.69) is 10.3 Å². The van der Waals surface area contributed by atoms with E-state index in [9.17, 15) is 23.1 Å². The minimum atomic E-state index is -5.04. The molecule has 1 aromatic carbocycles. The summed E-state index contributed by atoms with van der Waals surface area (Å²) in [5.41, 5.74) is -2.43. The zero-order valence-electron chi connectivity index (χ0n) is 14.5. The number of halogens is 3. The van der Waals surface area contributed by atoms with Crippen LogP contribution < -0.4 is 10.2 Å². The number of anilines is 1. The molecule has 0 spiro atoms. The van der Waals surface area contributed by atoms with E-state index in [-0.39, 0.29) is 6.54 Å². The Labute approximate surface area is 149 Å². The van der Waals surface area contributed by atoms with Gasteiger partial charge in [0.2, 0.25) is 11.5 Å². The zero-order chi connectivity index (χ0) is 19.4. The fraction of sp³-hybridized carbons (Fsp3) is 0.412. The van der Waals surface area contributed by atoms with Crippen LogP contribution in [0.5, 0.6) is 0 Å². The lowest BCUT2D eigenvalue weighted by atomic mass is 9.97. The summed E-state index contributed by atoms with van der Waals surface area (Å²) in [7, 11) is 3.13. The number of alkyl halides is 3. The number of benzene rings is 1. The normalized spacial score (nSPS) is 13.9. The van der Waals surface area contributed by atoms with Crippen molar-refractivity contribution >= 4 is 11.6 Å². The predicted octanol–water partition coefficient (Wildman–Crippen LogP) is 1.81. The molecule has 1 atom stereocenters. The van der Waals surface area contributed by atoms with Crippen LogP contribution in [0.2, 0.25) is 0 Å². The molecule has 6 nitrogen and oxygen atoms in total. The third-order valence-electron chi connectivity index (χ3n) is 4.04. The van der Waals surface area contributed by atoms with Crippen LogP contribution >= 0.6 is 0 Å². The van der Waals surface area contributed by atoms with Crippen molar-refractivity contribution in [3.8, 4) is 0 Å². The van der Waals surface area contributed by atoms with Gasteiger partial charge in [-0.3, -0.25) is 4.79 Å². The number of hydrogen-bond donors (Lipinski definition) is 2. The average Bonchev–Trinajstić information content (AvgIpc) is 3.01. The maximum atomic E-state index is 13.4. The number of aryl methyl sites for hydroxylation is 1. The monoisotopic (exact) mass is 370 g/mol. The summed E-state index contributed by atoms with van der Waals surface area (Å²) in [5.74, 6) is -1.53. The van der Waals surface area contributed by atoms with Crippen LogP contribution in [0.3, 0.4) is 0 Å². The van der Waals surface area contributed by atoms with Gasteiger partial charge in [-0.05, 0) is 12.1 Å². The molecule has 1 aromatic heterocycles. The molecule has 0 aliphatic rings. The van der Waals surface area contributed by atoms with E-state index >= 15 is 0 Å². The first-order valence-corrected chi connectivity index (χ1v) is 7.95. The minimum Gasteiger partial charge on any atom is -0.374 e. The number of nitrogens with one attached hydrogen (secondary N) is 1. The molecule has 26 heavy (non-hydrogen) atoms. The first-order chi connectivity index (χ1) is 12.1. The van der Waals surface area contributed by atoms with Crippen LogP contribution in [-0.2, 0) is 17.4 Å². The smallest absolute Gasteiger partial charge is 0.374 e. The molecular formula is C17H21F3N4O2. The van der Waals surface area contributed by atoms with Crippen molar-refractivity contribution in [1.82, 2.24) is 14.9 Å². The largest absolute Gasteiger partial charge is 0.425 e. The Bertz CT molecular complexity index is 733. The number of likely N-dealkylation sites (N-methyl/N-ethyl adjacent to an activating group) is 1. The summed E-state index contributed by atoms with van der Waals surface area (Å²) in [4.78, 5) is 17.4. The number of carbonyl (C=O) groups is 1. The summed E-state index contributed by atoms with van der Waals surface area (Å²) in [6.45, 7) is 0.543. The molecule has 0 saturated carbocycles. The molecule has 1 unspecified atom stereocenters. The van der Waals surface area contributed by atoms with Gasteiger partial charge in [-0.2, -0.15) is 13.2 Å². The maximum Gasteiger partial charge on any atom is 0.425 e. The molecule has 0 aliphatic carbocycles. The lowest BCUT2D eigenvalue weighted by Crippen LogP contribution is -2.48. The number of nitrogens with zero attached hydrogens (tertiary/aromatic N) is 3. The standard InChI is InChI=1S/C17H21F3N4O2/c1-23(13-6-4-3-5-7-13)10-8-21-14(25)12-16(26,17(18,19)20)15-22-9-11-24(15)2/h3-7,9,11,26H,8,10,12H2,1-2H3,(H,21,25). The highest BCUT2D eigenvalue weighted by Crippen LogP contribution is 2.40. The average molecular weight is 370 g/mol. The second-order valence-electron chi connectivity index (χ2n) is 6.00.